The standard InChI is InChI=1S/C19H15ClN2O5/c1-10-3-5-12(8-15(10)20)22-18(25)14(17(24)21-19(22)26)7-11-4-6-13(27-2)9-16(11)23/h3-9,23H,1-2H3,(H,21,24,26)/b14-7+. The number of aromatic hydroxyl groups is 1. The maximum absolute atomic E-state index is 12.8. The first-order valence-electron chi connectivity index (χ1n) is 7.86. The molecule has 138 valence electrons. The van der Waals surface area contributed by atoms with Crippen LogP contribution in [-0.2, 0) is 9.59 Å². The molecule has 0 unspecified atom stereocenters. The van der Waals surface area contributed by atoms with Gasteiger partial charge in [0.05, 0.1) is 12.8 Å². The highest BCUT2D eigenvalue weighted by Crippen LogP contribution is 2.29. The Labute approximate surface area is 159 Å². The Balaban J connectivity index is 2.03. The van der Waals surface area contributed by atoms with Crippen LogP contribution in [0.1, 0.15) is 11.1 Å². The number of rotatable bonds is 3. The van der Waals surface area contributed by atoms with Crippen molar-refractivity contribution in [2.24, 2.45) is 0 Å². The Kier molecular flexibility index (Phi) is 4.87. The molecule has 0 saturated carbocycles. The van der Waals surface area contributed by atoms with Crippen molar-refractivity contribution < 1.29 is 24.2 Å². The van der Waals surface area contributed by atoms with Crippen molar-refractivity contribution in [1.82, 2.24) is 5.32 Å². The quantitative estimate of drug-likeness (QED) is 0.624. The number of carbonyl (C=O) groups is 3. The fourth-order valence-corrected chi connectivity index (χ4v) is 2.72. The first-order chi connectivity index (χ1) is 12.8. The number of hydrogen-bond donors (Lipinski definition) is 2. The summed E-state index contributed by atoms with van der Waals surface area (Å²) in [6.07, 6.45) is 1.21. The van der Waals surface area contributed by atoms with Crippen LogP contribution in [0, 0.1) is 6.92 Å². The van der Waals surface area contributed by atoms with Crippen LogP contribution in [0.15, 0.2) is 42.0 Å². The predicted octanol–water partition coefficient (Wildman–Crippen LogP) is 3.03. The summed E-state index contributed by atoms with van der Waals surface area (Å²) in [6.45, 7) is 1.78. The monoisotopic (exact) mass is 386 g/mol. The summed E-state index contributed by atoms with van der Waals surface area (Å²) in [7, 11) is 1.45. The molecule has 0 aromatic heterocycles. The molecule has 1 aliphatic rings. The lowest BCUT2D eigenvalue weighted by Crippen LogP contribution is -2.54. The van der Waals surface area contributed by atoms with E-state index < -0.39 is 17.8 Å². The summed E-state index contributed by atoms with van der Waals surface area (Å²) in [6, 6.07) is 8.21. The number of methoxy groups -OCH3 is 1. The molecule has 4 amide bonds. The molecule has 0 aliphatic carbocycles. The summed E-state index contributed by atoms with van der Waals surface area (Å²) >= 11 is 6.08. The van der Waals surface area contributed by atoms with Crippen LogP contribution in [0.3, 0.4) is 0 Å². The molecule has 0 radical (unpaired) electrons. The molecule has 2 aromatic carbocycles. The number of halogens is 1. The van der Waals surface area contributed by atoms with Crippen LogP contribution < -0.4 is 15.0 Å². The Morgan fingerprint density at radius 2 is 1.89 bits per heavy atom. The minimum absolute atomic E-state index is 0.177. The van der Waals surface area contributed by atoms with Crippen molar-refractivity contribution in [1.29, 1.82) is 0 Å². The fraction of sp³-hybridized carbons (Fsp3) is 0.105. The van der Waals surface area contributed by atoms with Gasteiger partial charge >= 0.3 is 6.03 Å². The van der Waals surface area contributed by atoms with E-state index in [1.807, 2.05) is 0 Å². The van der Waals surface area contributed by atoms with Crippen molar-refractivity contribution in [3.63, 3.8) is 0 Å². The van der Waals surface area contributed by atoms with Crippen molar-refractivity contribution in [2.45, 2.75) is 6.92 Å². The largest absolute Gasteiger partial charge is 0.507 e. The molecule has 7 nitrogen and oxygen atoms in total. The van der Waals surface area contributed by atoms with E-state index in [-0.39, 0.29) is 22.6 Å². The van der Waals surface area contributed by atoms with E-state index in [1.54, 1.807) is 25.1 Å². The second kappa shape index (κ2) is 7.13. The van der Waals surface area contributed by atoms with Gasteiger partial charge in [-0.25, -0.2) is 9.69 Å². The van der Waals surface area contributed by atoms with Gasteiger partial charge in [0.25, 0.3) is 11.8 Å². The first-order valence-corrected chi connectivity index (χ1v) is 8.24. The lowest BCUT2D eigenvalue weighted by atomic mass is 10.1. The van der Waals surface area contributed by atoms with Crippen LogP contribution in [0.25, 0.3) is 6.08 Å². The number of phenolic OH excluding ortho intramolecular Hbond substituents is 1. The van der Waals surface area contributed by atoms with Gasteiger partial charge in [0.2, 0.25) is 0 Å². The number of benzene rings is 2. The van der Waals surface area contributed by atoms with Gasteiger partial charge in [-0.05, 0) is 42.8 Å². The van der Waals surface area contributed by atoms with Crippen LogP contribution in [0.5, 0.6) is 11.5 Å². The SMILES string of the molecule is COc1ccc(/C=C2\C(=O)NC(=O)N(c3ccc(C)c(Cl)c3)C2=O)c(O)c1. The molecule has 8 heteroatoms. The van der Waals surface area contributed by atoms with Crippen LogP contribution in [0.2, 0.25) is 5.02 Å². The highest BCUT2D eigenvalue weighted by atomic mass is 35.5. The average molecular weight is 387 g/mol. The molecule has 0 atom stereocenters. The summed E-state index contributed by atoms with van der Waals surface area (Å²) in [5.41, 5.74) is 0.933. The zero-order chi connectivity index (χ0) is 19.7. The molecule has 0 spiro atoms. The normalized spacial score (nSPS) is 15.9. The number of urea groups is 1. The number of hydrogen-bond acceptors (Lipinski definition) is 5. The Morgan fingerprint density at radius 1 is 1.15 bits per heavy atom. The molecule has 27 heavy (non-hydrogen) atoms. The number of imide groups is 2. The third kappa shape index (κ3) is 3.50. The minimum atomic E-state index is -0.874. The van der Waals surface area contributed by atoms with Gasteiger partial charge in [0.15, 0.2) is 0 Å². The van der Waals surface area contributed by atoms with Crippen LogP contribution >= 0.6 is 11.6 Å². The number of phenols is 1. The van der Waals surface area contributed by atoms with Gasteiger partial charge in [0.1, 0.15) is 17.1 Å². The number of nitrogens with zero attached hydrogens (tertiary/aromatic N) is 1. The summed E-state index contributed by atoms with van der Waals surface area (Å²) in [5.74, 6) is -1.43. The number of nitrogens with one attached hydrogen (secondary N) is 1. The number of anilines is 1. The minimum Gasteiger partial charge on any atom is -0.507 e. The third-order valence-corrected chi connectivity index (χ3v) is 4.46. The molecule has 1 heterocycles. The predicted molar refractivity (Wildman–Crippen MR) is 99.8 cm³/mol. The van der Waals surface area contributed by atoms with Crippen molar-refractivity contribution in [3.8, 4) is 11.5 Å². The second-order valence-corrected chi connectivity index (χ2v) is 6.22. The number of ether oxygens (including phenoxy) is 1. The van der Waals surface area contributed by atoms with E-state index in [4.69, 9.17) is 16.3 Å². The Bertz CT molecular complexity index is 1000. The first kappa shape index (κ1) is 18.5. The number of aryl methyl sites for hydroxylation is 1. The Hall–Kier alpha value is -3.32. The average Bonchev–Trinajstić information content (AvgIpc) is 2.62. The van der Waals surface area contributed by atoms with Gasteiger partial charge in [-0.15, -0.1) is 0 Å². The third-order valence-electron chi connectivity index (χ3n) is 4.05. The lowest BCUT2D eigenvalue weighted by molar-refractivity contribution is -0.122. The molecule has 3 rings (SSSR count). The Morgan fingerprint density at radius 3 is 2.52 bits per heavy atom. The van der Waals surface area contributed by atoms with E-state index >= 15 is 0 Å². The van der Waals surface area contributed by atoms with Crippen molar-refractivity contribution >= 4 is 41.2 Å². The maximum atomic E-state index is 12.8. The summed E-state index contributed by atoms with van der Waals surface area (Å²) < 4.78 is 5.00. The van der Waals surface area contributed by atoms with E-state index in [2.05, 4.69) is 5.32 Å². The fourth-order valence-electron chi connectivity index (χ4n) is 2.54. The molecule has 1 fully saturated rings. The van der Waals surface area contributed by atoms with E-state index in [9.17, 15) is 19.5 Å². The van der Waals surface area contributed by atoms with Crippen molar-refractivity contribution in [2.75, 3.05) is 12.0 Å². The lowest BCUT2D eigenvalue weighted by Gasteiger charge is -2.26. The highest BCUT2D eigenvalue weighted by molar-refractivity contribution is 6.39. The molecular formula is C19H15ClN2O5. The maximum Gasteiger partial charge on any atom is 0.335 e. The topological polar surface area (TPSA) is 95.9 Å². The number of carbonyl (C=O) groups excluding carboxylic acids is 3. The van der Waals surface area contributed by atoms with Gasteiger partial charge in [-0.3, -0.25) is 14.9 Å². The molecule has 2 aromatic rings. The van der Waals surface area contributed by atoms with E-state index in [1.165, 1.54) is 31.4 Å². The number of barbiturate groups is 1. The molecular weight excluding hydrogens is 372 g/mol. The summed E-state index contributed by atoms with van der Waals surface area (Å²) in [5, 5.41) is 12.6. The zero-order valence-electron chi connectivity index (χ0n) is 14.4. The van der Waals surface area contributed by atoms with Gasteiger partial charge in [0, 0.05) is 16.7 Å². The zero-order valence-corrected chi connectivity index (χ0v) is 15.2. The van der Waals surface area contributed by atoms with Gasteiger partial charge in [-0.1, -0.05) is 17.7 Å². The van der Waals surface area contributed by atoms with E-state index in [0.29, 0.717) is 10.8 Å². The van der Waals surface area contributed by atoms with Crippen LogP contribution in [0.4, 0.5) is 10.5 Å². The molecule has 1 saturated heterocycles. The van der Waals surface area contributed by atoms with E-state index in [0.717, 1.165) is 10.5 Å². The highest BCUT2D eigenvalue weighted by Gasteiger charge is 2.37. The van der Waals surface area contributed by atoms with Gasteiger partial charge in [-0.2, -0.15) is 0 Å². The molecule has 1 aliphatic heterocycles. The number of amides is 4. The molecule has 0 bridgehead atoms. The smallest absolute Gasteiger partial charge is 0.335 e. The van der Waals surface area contributed by atoms with Gasteiger partial charge < -0.3 is 9.84 Å². The van der Waals surface area contributed by atoms with Crippen LogP contribution in [-0.4, -0.2) is 30.1 Å². The second-order valence-electron chi connectivity index (χ2n) is 5.82. The molecule has 2 N–H and O–H groups in total. The summed E-state index contributed by atoms with van der Waals surface area (Å²) in [4.78, 5) is 38.0. The van der Waals surface area contributed by atoms with Crippen molar-refractivity contribution in [3.05, 3.63) is 58.1 Å².